The van der Waals surface area contributed by atoms with E-state index in [4.69, 9.17) is 9.47 Å². The van der Waals surface area contributed by atoms with Crippen molar-refractivity contribution in [2.24, 2.45) is 4.99 Å². The van der Waals surface area contributed by atoms with Crippen LogP contribution in [0.2, 0.25) is 0 Å². The van der Waals surface area contributed by atoms with Crippen molar-refractivity contribution >= 4 is 17.3 Å². The van der Waals surface area contributed by atoms with Crippen molar-refractivity contribution in [2.45, 2.75) is 44.9 Å². The lowest BCUT2D eigenvalue weighted by Gasteiger charge is -2.32. The van der Waals surface area contributed by atoms with Crippen LogP contribution in [0.15, 0.2) is 16.4 Å². The summed E-state index contributed by atoms with van der Waals surface area (Å²) in [5, 5.41) is 9.05. The van der Waals surface area contributed by atoms with Gasteiger partial charge in [-0.05, 0) is 43.2 Å². The van der Waals surface area contributed by atoms with Crippen LogP contribution in [-0.4, -0.2) is 69.5 Å². The van der Waals surface area contributed by atoms with Crippen molar-refractivity contribution in [1.82, 2.24) is 15.5 Å². The molecule has 2 aliphatic heterocycles. The quantitative estimate of drug-likeness (QED) is 0.410. The molecule has 0 aliphatic carbocycles. The van der Waals surface area contributed by atoms with Gasteiger partial charge in [-0.1, -0.05) is 0 Å². The first kappa shape index (κ1) is 19.6. The van der Waals surface area contributed by atoms with Gasteiger partial charge in [-0.2, -0.15) is 0 Å². The molecule has 0 spiro atoms. The summed E-state index contributed by atoms with van der Waals surface area (Å²) >= 11 is 1.89. The molecule has 2 unspecified atom stereocenters. The summed E-state index contributed by atoms with van der Waals surface area (Å²) in [5.41, 5.74) is 1.50. The standard InChI is InChI=1S/C19H32N4O2S/c1-15(23-8-4-18-16(13-23)6-11-26-18)12-22-19(20-2)21-7-3-9-25-17-5-10-24-14-17/h6,11,15,17H,3-5,7-10,12-14H2,1-2H3,(H2,20,21,22). The van der Waals surface area contributed by atoms with Crippen LogP contribution >= 0.6 is 11.3 Å². The number of fused-ring (bicyclic) bond motifs is 1. The number of aliphatic imine (C=N–C) groups is 1. The zero-order valence-electron chi connectivity index (χ0n) is 16.0. The zero-order valence-corrected chi connectivity index (χ0v) is 16.8. The number of thiophene rings is 1. The number of hydrogen-bond acceptors (Lipinski definition) is 5. The van der Waals surface area contributed by atoms with Crippen molar-refractivity contribution in [2.75, 3.05) is 46.5 Å². The van der Waals surface area contributed by atoms with E-state index in [0.717, 1.165) is 64.8 Å². The molecule has 146 valence electrons. The van der Waals surface area contributed by atoms with Gasteiger partial charge in [-0.3, -0.25) is 9.89 Å². The van der Waals surface area contributed by atoms with Gasteiger partial charge in [0.2, 0.25) is 0 Å². The largest absolute Gasteiger partial charge is 0.379 e. The highest BCUT2D eigenvalue weighted by molar-refractivity contribution is 7.10. The summed E-state index contributed by atoms with van der Waals surface area (Å²) < 4.78 is 11.1. The predicted octanol–water partition coefficient (Wildman–Crippen LogP) is 1.86. The number of rotatable bonds is 8. The van der Waals surface area contributed by atoms with E-state index in [1.165, 1.54) is 12.0 Å². The number of nitrogens with one attached hydrogen (secondary N) is 2. The monoisotopic (exact) mass is 380 g/mol. The van der Waals surface area contributed by atoms with E-state index in [1.54, 1.807) is 4.88 Å². The van der Waals surface area contributed by atoms with E-state index in [9.17, 15) is 0 Å². The molecule has 1 aromatic heterocycles. The lowest BCUT2D eigenvalue weighted by Crippen LogP contribution is -2.47. The smallest absolute Gasteiger partial charge is 0.191 e. The molecular formula is C19H32N4O2S. The van der Waals surface area contributed by atoms with Crippen molar-refractivity contribution in [3.8, 4) is 0 Å². The van der Waals surface area contributed by atoms with Gasteiger partial charge in [0.05, 0.1) is 12.7 Å². The van der Waals surface area contributed by atoms with Gasteiger partial charge in [0.25, 0.3) is 0 Å². The summed E-state index contributed by atoms with van der Waals surface area (Å²) in [5.74, 6) is 0.870. The molecule has 26 heavy (non-hydrogen) atoms. The van der Waals surface area contributed by atoms with Crippen molar-refractivity contribution in [3.63, 3.8) is 0 Å². The predicted molar refractivity (Wildman–Crippen MR) is 107 cm³/mol. The number of guanidine groups is 1. The Balaban J connectivity index is 1.29. The maximum absolute atomic E-state index is 5.79. The lowest BCUT2D eigenvalue weighted by molar-refractivity contribution is 0.0420. The fraction of sp³-hybridized carbons (Fsp3) is 0.737. The first-order valence-corrected chi connectivity index (χ1v) is 10.6. The van der Waals surface area contributed by atoms with Gasteiger partial charge in [-0.25, -0.2) is 0 Å². The molecule has 2 aliphatic rings. The molecule has 2 N–H and O–H groups in total. The van der Waals surface area contributed by atoms with Gasteiger partial charge in [0.15, 0.2) is 5.96 Å². The van der Waals surface area contributed by atoms with E-state index in [2.05, 4.69) is 38.9 Å². The lowest BCUT2D eigenvalue weighted by atomic mass is 10.1. The van der Waals surface area contributed by atoms with Gasteiger partial charge in [0, 0.05) is 57.4 Å². The third kappa shape index (κ3) is 5.67. The molecule has 6 nitrogen and oxygen atoms in total. The molecule has 1 saturated heterocycles. The van der Waals surface area contributed by atoms with Crippen LogP contribution in [-0.2, 0) is 22.4 Å². The third-order valence-corrected chi connectivity index (χ3v) is 6.13. The van der Waals surface area contributed by atoms with Gasteiger partial charge < -0.3 is 20.1 Å². The Labute approximate surface area is 161 Å². The summed E-state index contributed by atoms with van der Waals surface area (Å²) in [7, 11) is 1.82. The van der Waals surface area contributed by atoms with Crippen LogP contribution in [0.25, 0.3) is 0 Å². The molecule has 0 radical (unpaired) electrons. The minimum absolute atomic E-state index is 0.293. The molecule has 1 fully saturated rings. The Bertz CT molecular complexity index is 572. The van der Waals surface area contributed by atoms with Crippen LogP contribution in [0, 0.1) is 0 Å². The molecule has 0 amide bonds. The second-order valence-corrected chi connectivity index (χ2v) is 8.03. The number of hydrogen-bond donors (Lipinski definition) is 2. The van der Waals surface area contributed by atoms with E-state index < -0.39 is 0 Å². The second-order valence-electron chi connectivity index (χ2n) is 7.03. The van der Waals surface area contributed by atoms with Crippen molar-refractivity contribution < 1.29 is 9.47 Å². The van der Waals surface area contributed by atoms with Gasteiger partial charge in [-0.15, -0.1) is 11.3 Å². The fourth-order valence-corrected chi connectivity index (χ4v) is 4.30. The Morgan fingerprint density at radius 2 is 2.42 bits per heavy atom. The molecular weight excluding hydrogens is 348 g/mol. The molecule has 3 rings (SSSR count). The van der Waals surface area contributed by atoms with Crippen LogP contribution in [0.4, 0.5) is 0 Å². The van der Waals surface area contributed by atoms with Crippen LogP contribution in [0.1, 0.15) is 30.2 Å². The first-order chi connectivity index (χ1) is 12.8. The SMILES string of the molecule is CN=C(NCCCOC1CCOC1)NCC(C)N1CCc2sccc2C1. The molecule has 2 atom stereocenters. The highest BCUT2D eigenvalue weighted by Crippen LogP contribution is 2.24. The molecule has 0 saturated carbocycles. The molecule has 1 aromatic rings. The van der Waals surface area contributed by atoms with Crippen molar-refractivity contribution in [1.29, 1.82) is 0 Å². The Morgan fingerprint density at radius 3 is 3.23 bits per heavy atom. The summed E-state index contributed by atoms with van der Waals surface area (Å²) in [6, 6.07) is 2.75. The average molecular weight is 381 g/mol. The minimum atomic E-state index is 0.293. The number of nitrogens with zero attached hydrogens (tertiary/aromatic N) is 2. The van der Waals surface area contributed by atoms with Crippen molar-refractivity contribution in [3.05, 3.63) is 21.9 Å². The minimum Gasteiger partial charge on any atom is -0.379 e. The van der Waals surface area contributed by atoms with Crippen LogP contribution < -0.4 is 10.6 Å². The van der Waals surface area contributed by atoms with Crippen LogP contribution in [0.3, 0.4) is 0 Å². The first-order valence-electron chi connectivity index (χ1n) is 9.69. The van der Waals surface area contributed by atoms with Crippen LogP contribution in [0.5, 0.6) is 0 Å². The third-order valence-electron chi connectivity index (χ3n) is 5.10. The normalized spacial score (nSPS) is 22.2. The summed E-state index contributed by atoms with van der Waals surface area (Å²) in [4.78, 5) is 8.43. The number of ether oxygens (including phenoxy) is 2. The van der Waals surface area contributed by atoms with E-state index in [0.29, 0.717) is 12.1 Å². The second kappa shape index (κ2) is 10.3. The van der Waals surface area contributed by atoms with Gasteiger partial charge in [0.1, 0.15) is 0 Å². The zero-order chi connectivity index (χ0) is 18.2. The molecule has 7 heteroatoms. The summed E-state index contributed by atoms with van der Waals surface area (Å²) in [6.45, 7) is 8.61. The highest BCUT2D eigenvalue weighted by Gasteiger charge is 2.21. The molecule has 0 bridgehead atoms. The topological polar surface area (TPSA) is 58.1 Å². The molecule has 3 heterocycles. The Morgan fingerprint density at radius 1 is 1.50 bits per heavy atom. The fourth-order valence-electron chi connectivity index (χ4n) is 3.41. The highest BCUT2D eigenvalue weighted by atomic mass is 32.1. The Hall–Kier alpha value is -1.15. The van der Waals surface area contributed by atoms with E-state index in [-0.39, 0.29) is 0 Å². The molecule has 0 aromatic carbocycles. The van der Waals surface area contributed by atoms with E-state index >= 15 is 0 Å². The van der Waals surface area contributed by atoms with E-state index in [1.807, 2.05) is 18.4 Å². The summed E-state index contributed by atoms with van der Waals surface area (Å²) in [6.07, 6.45) is 3.47. The maximum atomic E-state index is 5.79. The Kier molecular flexibility index (Phi) is 7.73. The maximum Gasteiger partial charge on any atom is 0.191 e. The average Bonchev–Trinajstić information content (AvgIpc) is 3.34. The van der Waals surface area contributed by atoms with Gasteiger partial charge >= 0.3 is 0 Å².